The Bertz CT molecular complexity index is 9.51. The van der Waals surface area contributed by atoms with Crippen molar-refractivity contribution < 1.29 is 12.4 Å². The molecule has 0 amide bonds. The summed E-state index contributed by atoms with van der Waals surface area (Å²) in [7, 11) is 0. The first-order chi connectivity index (χ1) is 1.91. The monoisotopic (exact) mass is 116 g/mol. The van der Waals surface area contributed by atoms with Crippen molar-refractivity contribution in [1.29, 1.82) is 0 Å². The molecular formula is C4H9ClMg. The smallest absolute Gasteiger partial charge is 1.00 e. The maximum absolute atomic E-state index is 2.12. The van der Waals surface area contributed by atoms with Crippen molar-refractivity contribution in [2.75, 3.05) is 0 Å². The Kier molecular flexibility index (Phi) is 43.5. The van der Waals surface area contributed by atoms with Crippen molar-refractivity contribution in [3.05, 3.63) is 6.42 Å². The molecule has 0 heterocycles. The van der Waals surface area contributed by atoms with E-state index in [0.717, 1.165) is 0 Å². The van der Waals surface area contributed by atoms with Crippen LogP contribution >= 0.6 is 0 Å². The third kappa shape index (κ3) is 19.7. The summed E-state index contributed by atoms with van der Waals surface area (Å²) in [6.45, 7) is 4.18. The third-order valence-electron chi connectivity index (χ3n) is 0.408. The fourth-order valence-electron chi connectivity index (χ4n) is 0. The number of hydrogen-bond donors (Lipinski definition) is 0. The van der Waals surface area contributed by atoms with Crippen molar-refractivity contribution >= 4 is 23.1 Å². The van der Waals surface area contributed by atoms with Gasteiger partial charge in [-0.05, 0) is 0 Å². The molecule has 6 heavy (non-hydrogen) atoms. The van der Waals surface area contributed by atoms with Crippen LogP contribution in [0.1, 0.15) is 20.3 Å². The summed E-state index contributed by atoms with van der Waals surface area (Å²) in [6, 6.07) is 0. The topological polar surface area (TPSA) is 0 Å². The van der Waals surface area contributed by atoms with Gasteiger partial charge >= 0.3 is 23.1 Å². The van der Waals surface area contributed by atoms with E-state index >= 15 is 0 Å². The van der Waals surface area contributed by atoms with E-state index < -0.39 is 0 Å². The molecule has 2 heteroatoms. The predicted octanol–water partition coefficient (Wildman–Crippen LogP) is -1.76. The van der Waals surface area contributed by atoms with Crippen molar-refractivity contribution in [3.8, 4) is 0 Å². The van der Waals surface area contributed by atoms with Crippen molar-refractivity contribution in [2.24, 2.45) is 0 Å². The Hall–Kier alpha value is 1.06. The van der Waals surface area contributed by atoms with E-state index in [9.17, 15) is 0 Å². The van der Waals surface area contributed by atoms with E-state index in [2.05, 4.69) is 20.3 Å². The average Bonchev–Trinajstić information content (AvgIpc) is 1.37. The Morgan fingerprint density at radius 1 is 1.50 bits per heavy atom. The Morgan fingerprint density at radius 2 is 1.67 bits per heavy atom. The van der Waals surface area contributed by atoms with Crippen LogP contribution < -0.4 is 12.4 Å². The molecule has 0 saturated heterocycles. The number of halogens is 1. The van der Waals surface area contributed by atoms with Crippen molar-refractivity contribution in [3.63, 3.8) is 0 Å². The van der Waals surface area contributed by atoms with Gasteiger partial charge < -0.3 is 18.8 Å². The minimum absolute atomic E-state index is 0. The molecule has 0 aromatic rings. The van der Waals surface area contributed by atoms with Gasteiger partial charge in [0, 0.05) is 0 Å². The Morgan fingerprint density at radius 3 is 1.67 bits per heavy atom. The summed E-state index contributed by atoms with van der Waals surface area (Å²) in [5, 5.41) is 0. The van der Waals surface area contributed by atoms with Gasteiger partial charge in [-0.25, -0.2) is 0 Å². The van der Waals surface area contributed by atoms with Crippen LogP contribution in [0, 0.1) is 6.42 Å². The normalized spacial score (nSPS) is 5.00. The Balaban J connectivity index is -0.0000000450. The Labute approximate surface area is 62.3 Å². The maximum atomic E-state index is 2.12. The minimum atomic E-state index is 0. The second kappa shape index (κ2) is 16.6. The first-order valence-corrected chi connectivity index (χ1v) is 1.69. The molecular weight excluding hydrogens is 108 g/mol. The summed E-state index contributed by atoms with van der Waals surface area (Å²) in [5.41, 5.74) is 0. The largest absolute Gasteiger partial charge is 2.00 e. The first kappa shape index (κ1) is 15.7. The van der Waals surface area contributed by atoms with E-state index in [1.165, 1.54) is 6.42 Å². The van der Waals surface area contributed by atoms with Crippen LogP contribution in [0.3, 0.4) is 0 Å². The van der Waals surface area contributed by atoms with Crippen LogP contribution in [0.4, 0.5) is 0 Å². The second-order valence-electron chi connectivity index (χ2n) is 0.816. The van der Waals surface area contributed by atoms with Gasteiger partial charge in [-0.2, -0.15) is 13.3 Å². The molecule has 0 spiro atoms. The summed E-state index contributed by atoms with van der Waals surface area (Å²) in [6.07, 6.45) is 3.32. The SMILES string of the molecule is C[CH-]CC.[Cl-].[Mg+2]. The standard InChI is InChI=1S/C4H9.ClH.Mg/c1-3-4-2;;/h3H,4H2,1-2H3;1H;/q-1;;+2/p-1. The molecule has 0 fully saturated rings. The van der Waals surface area contributed by atoms with Crippen LogP contribution in [0.2, 0.25) is 0 Å². The van der Waals surface area contributed by atoms with E-state index in [1.807, 2.05) is 0 Å². The van der Waals surface area contributed by atoms with E-state index in [0.29, 0.717) is 0 Å². The van der Waals surface area contributed by atoms with E-state index in [4.69, 9.17) is 0 Å². The van der Waals surface area contributed by atoms with Gasteiger partial charge in [-0.15, -0.1) is 0 Å². The molecule has 0 saturated carbocycles. The van der Waals surface area contributed by atoms with Gasteiger partial charge in [0.2, 0.25) is 0 Å². The van der Waals surface area contributed by atoms with Crippen molar-refractivity contribution in [2.45, 2.75) is 20.3 Å². The molecule has 0 rings (SSSR count). The van der Waals surface area contributed by atoms with Gasteiger partial charge in [0.1, 0.15) is 0 Å². The molecule has 0 nitrogen and oxygen atoms in total. The van der Waals surface area contributed by atoms with Gasteiger partial charge in [-0.3, -0.25) is 0 Å². The maximum Gasteiger partial charge on any atom is 2.00 e. The summed E-state index contributed by atoms with van der Waals surface area (Å²) < 4.78 is 0. The molecule has 0 aliphatic heterocycles. The summed E-state index contributed by atoms with van der Waals surface area (Å²) in [4.78, 5) is 0. The third-order valence-corrected chi connectivity index (χ3v) is 0.408. The molecule has 0 aliphatic carbocycles. The first-order valence-electron chi connectivity index (χ1n) is 1.69. The quantitative estimate of drug-likeness (QED) is 0.282. The van der Waals surface area contributed by atoms with E-state index in [-0.39, 0.29) is 35.5 Å². The van der Waals surface area contributed by atoms with Gasteiger partial charge in [0.05, 0.1) is 0 Å². The van der Waals surface area contributed by atoms with Crippen LogP contribution in [0.5, 0.6) is 0 Å². The minimum Gasteiger partial charge on any atom is -1.00 e. The molecule has 0 radical (unpaired) electrons. The number of unbranched alkanes of at least 4 members (excludes halogenated alkanes) is 1. The molecule has 0 aromatic heterocycles. The van der Waals surface area contributed by atoms with Crippen molar-refractivity contribution in [1.82, 2.24) is 0 Å². The van der Waals surface area contributed by atoms with Crippen LogP contribution in [-0.2, 0) is 0 Å². The number of rotatable bonds is 1. The summed E-state index contributed by atoms with van der Waals surface area (Å²) >= 11 is 0. The van der Waals surface area contributed by atoms with Crippen LogP contribution in [0.25, 0.3) is 0 Å². The van der Waals surface area contributed by atoms with Gasteiger partial charge in [0.25, 0.3) is 0 Å². The molecule has 0 unspecified atom stereocenters. The number of hydrogen-bond acceptors (Lipinski definition) is 0. The van der Waals surface area contributed by atoms with Gasteiger partial charge in [-0.1, -0.05) is 6.92 Å². The average molecular weight is 117 g/mol. The molecule has 0 bridgehead atoms. The molecule has 34 valence electrons. The fourth-order valence-corrected chi connectivity index (χ4v) is 0. The molecule has 0 atom stereocenters. The van der Waals surface area contributed by atoms with Crippen LogP contribution in [0.15, 0.2) is 0 Å². The second-order valence-corrected chi connectivity index (χ2v) is 0.816. The zero-order chi connectivity index (χ0) is 3.41. The van der Waals surface area contributed by atoms with E-state index in [1.54, 1.807) is 0 Å². The molecule has 0 N–H and O–H groups in total. The van der Waals surface area contributed by atoms with Gasteiger partial charge in [0.15, 0.2) is 0 Å². The molecule has 0 aliphatic rings. The predicted molar refractivity (Wildman–Crippen MR) is 26.0 cm³/mol. The fraction of sp³-hybridized carbons (Fsp3) is 0.750. The summed E-state index contributed by atoms with van der Waals surface area (Å²) in [5.74, 6) is 0. The molecule has 0 aromatic carbocycles. The zero-order valence-electron chi connectivity index (χ0n) is 4.37. The zero-order valence-corrected chi connectivity index (χ0v) is 6.54. The van der Waals surface area contributed by atoms with Crippen LogP contribution in [-0.4, -0.2) is 23.1 Å².